The van der Waals surface area contributed by atoms with Crippen LogP contribution in [0.2, 0.25) is 0 Å². The zero-order valence-corrected chi connectivity index (χ0v) is 14.8. The predicted molar refractivity (Wildman–Crippen MR) is 90.5 cm³/mol. The molecule has 8 nitrogen and oxygen atoms in total. The van der Waals surface area contributed by atoms with Gasteiger partial charge in [-0.2, -0.15) is 9.40 Å². The van der Waals surface area contributed by atoms with Crippen molar-refractivity contribution in [3.8, 4) is 0 Å². The van der Waals surface area contributed by atoms with E-state index in [1.54, 1.807) is 17.5 Å². The van der Waals surface area contributed by atoms with Crippen molar-refractivity contribution in [3.63, 3.8) is 0 Å². The molecule has 1 aliphatic rings. The number of carbonyl (C=O) groups is 1. The lowest BCUT2D eigenvalue weighted by molar-refractivity contribution is 0.0946. The van der Waals surface area contributed by atoms with Gasteiger partial charge in [0, 0.05) is 50.9 Å². The third-order valence-corrected chi connectivity index (χ3v) is 7.12. The minimum atomic E-state index is -3.49. The second-order valence-corrected chi connectivity index (χ2v) is 8.69. The van der Waals surface area contributed by atoms with Gasteiger partial charge in [-0.1, -0.05) is 6.07 Å². The summed E-state index contributed by atoms with van der Waals surface area (Å²) in [6, 6.07) is 3.26. The van der Waals surface area contributed by atoms with Crippen LogP contribution in [-0.4, -0.2) is 55.5 Å². The molecule has 2 aromatic heterocycles. The van der Waals surface area contributed by atoms with Gasteiger partial charge in [-0.25, -0.2) is 8.42 Å². The van der Waals surface area contributed by atoms with Crippen molar-refractivity contribution in [3.05, 3.63) is 34.5 Å². The Hall–Kier alpha value is -1.75. The fourth-order valence-corrected chi connectivity index (χ4v) is 4.88. The average molecular weight is 369 g/mol. The molecule has 2 aromatic rings. The van der Waals surface area contributed by atoms with Crippen molar-refractivity contribution in [1.82, 2.24) is 25.1 Å². The molecule has 24 heavy (non-hydrogen) atoms. The normalized spacial score (nSPS) is 14.6. The first-order chi connectivity index (χ1) is 11.5. The number of likely N-dealkylation sites (N-methyl/N-ethyl adjacent to an activating group) is 1. The molecule has 0 radical (unpaired) electrons. The van der Waals surface area contributed by atoms with Gasteiger partial charge in [0.2, 0.25) is 0 Å². The number of thiophene rings is 1. The Bertz CT molecular complexity index is 814. The average Bonchev–Trinajstić information content (AvgIpc) is 3.24. The van der Waals surface area contributed by atoms with Gasteiger partial charge in [-0.15, -0.1) is 11.3 Å². The van der Waals surface area contributed by atoms with Crippen LogP contribution < -0.4 is 10.6 Å². The first kappa shape index (κ1) is 17.1. The molecular weight excluding hydrogens is 350 g/mol. The third kappa shape index (κ3) is 3.36. The fraction of sp³-hybridized carbons (Fsp3) is 0.429. The molecule has 0 saturated carbocycles. The molecule has 3 heterocycles. The molecule has 0 unspecified atom stereocenters. The quantitative estimate of drug-likeness (QED) is 0.673. The molecule has 130 valence electrons. The summed E-state index contributed by atoms with van der Waals surface area (Å²) in [6.07, 6.45) is 0.817. The number of sulfonamides is 1. The first-order valence-electron chi connectivity index (χ1n) is 7.55. The van der Waals surface area contributed by atoms with Crippen LogP contribution in [0.15, 0.2) is 21.7 Å². The smallest absolute Gasteiger partial charge is 0.272 e. The van der Waals surface area contributed by atoms with E-state index in [9.17, 15) is 13.2 Å². The Morgan fingerprint density at radius 3 is 3.08 bits per heavy atom. The maximum absolute atomic E-state index is 12.3. The van der Waals surface area contributed by atoms with Gasteiger partial charge in [0.05, 0.1) is 0 Å². The van der Waals surface area contributed by atoms with Crippen molar-refractivity contribution in [2.24, 2.45) is 0 Å². The highest BCUT2D eigenvalue weighted by atomic mass is 32.2. The van der Waals surface area contributed by atoms with Crippen LogP contribution in [-0.2, 0) is 23.0 Å². The van der Waals surface area contributed by atoms with Gasteiger partial charge in [0.25, 0.3) is 15.9 Å². The van der Waals surface area contributed by atoms with Crippen LogP contribution in [0.25, 0.3) is 0 Å². The zero-order valence-electron chi connectivity index (χ0n) is 13.2. The first-order valence-corrected chi connectivity index (χ1v) is 9.87. The molecule has 0 saturated heterocycles. The highest BCUT2D eigenvalue weighted by Gasteiger charge is 2.23. The van der Waals surface area contributed by atoms with E-state index in [1.807, 2.05) is 0 Å². The summed E-state index contributed by atoms with van der Waals surface area (Å²) in [6.45, 7) is 1.88. The molecular formula is C14H19N5O3S2. The van der Waals surface area contributed by atoms with Crippen molar-refractivity contribution < 1.29 is 13.2 Å². The van der Waals surface area contributed by atoms with E-state index in [2.05, 4.69) is 20.8 Å². The van der Waals surface area contributed by atoms with E-state index in [1.165, 1.54) is 22.7 Å². The molecule has 0 fully saturated rings. The molecule has 1 amide bonds. The molecule has 0 bridgehead atoms. The molecule has 0 aromatic carbocycles. The van der Waals surface area contributed by atoms with Gasteiger partial charge in [-0.3, -0.25) is 9.89 Å². The summed E-state index contributed by atoms with van der Waals surface area (Å²) in [7, 11) is -1.99. The van der Waals surface area contributed by atoms with E-state index in [0.717, 1.165) is 24.2 Å². The minimum absolute atomic E-state index is 0.191. The number of carbonyl (C=O) groups excluding carboxylic acids is 1. The Morgan fingerprint density at radius 1 is 1.50 bits per heavy atom. The summed E-state index contributed by atoms with van der Waals surface area (Å²) in [5, 5.41) is 14.6. The summed E-state index contributed by atoms with van der Waals surface area (Å²) < 4.78 is 26.1. The van der Waals surface area contributed by atoms with E-state index >= 15 is 0 Å². The van der Waals surface area contributed by atoms with Crippen LogP contribution in [0.3, 0.4) is 0 Å². The molecule has 3 N–H and O–H groups in total. The Morgan fingerprint density at radius 2 is 2.33 bits per heavy atom. The van der Waals surface area contributed by atoms with E-state index in [0.29, 0.717) is 16.4 Å². The van der Waals surface area contributed by atoms with Crippen molar-refractivity contribution in [1.29, 1.82) is 0 Å². The third-order valence-electron chi connectivity index (χ3n) is 3.89. The Labute approximate surface area is 144 Å². The number of nitrogens with one attached hydrogen (secondary N) is 3. The molecule has 1 aliphatic heterocycles. The van der Waals surface area contributed by atoms with E-state index < -0.39 is 10.0 Å². The Kier molecular flexibility index (Phi) is 4.99. The van der Waals surface area contributed by atoms with Crippen LogP contribution in [0, 0.1) is 0 Å². The summed E-state index contributed by atoms with van der Waals surface area (Å²) in [4.78, 5) is 12.3. The highest BCUT2D eigenvalue weighted by molar-refractivity contribution is 7.91. The van der Waals surface area contributed by atoms with Gasteiger partial charge >= 0.3 is 0 Å². The number of aromatic amines is 1. The zero-order chi connectivity index (χ0) is 17.2. The lowest BCUT2D eigenvalue weighted by atomic mass is 10.1. The number of hydrogen-bond acceptors (Lipinski definition) is 6. The number of hydrogen-bond donors (Lipinski definition) is 3. The van der Waals surface area contributed by atoms with Gasteiger partial charge in [0.1, 0.15) is 4.21 Å². The fourth-order valence-electron chi connectivity index (χ4n) is 2.51. The van der Waals surface area contributed by atoms with Gasteiger partial charge in [0.15, 0.2) is 5.69 Å². The van der Waals surface area contributed by atoms with Crippen molar-refractivity contribution in [2.45, 2.75) is 17.2 Å². The number of aromatic nitrogens is 2. The van der Waals surface area contributed by atoms with E-state index in [4.69, 9.17) is 0 Å². The van der Waals surface area contributed by atoms with Crippen LogP contribution in [0.5, 0.6) is 0 Å². The number of H-pyrrole nitrogens is 1. The monoisotopic (exact) mass is 369 g/mol. The van der Waals surface area contributed by atoms with Crippen LogP contribution >= 0.6 is 11.3 Å². The Balaban J connectivity index is 1.57. The standard InChI is InChI=1S/C14H19N5O3S2/c1-19(24(21,22)12-3-2-8-23-12)7-6-16-14(20)13-10-9-15-5-4-11(10)17-18-13/h2-3,8,15H,4-7,9H2,1H3,(H,16,20)(H,17,18). The number of fused-ring (bicyclic) bond motifs is 1. The van der Waals surface area contributed by atoms with Gasteiger partial charge in [-0.05, 0) is 11.4 Å². The number of amides is 1. The van der Waals surface area contributed by atoms with Crippen LogP contribution in [0.4, 0.5) is 0 Å². The molecule has 3 rings (SSSR count). The number of nitrogens with zero attached hydrogens (tertiary/aromatic N) is 2. The maximum Gasteiger partial charge on any atom is 0.272 e. The summed E-state index contributed by atoms with van der Waals surface area (Å²) in [5.74, 6) is -0.293. The molecule has 0 atom stereocenters. The predicted octanol–water partition coefficient (Wildman–Crippen LogP) is 0.167. The summed E-state index contributed by atoms with van der Waals surface area (Å²) >= 11 is 1.17. The SMILES string of the molecule is CN(CCNC(=O)c1n[nH]c2c1CNCC2)S(=O)(=O)c1cccs1. The maximum atomic E-state index is 12.3. The summed E-state index contributed by atoms with van der Waals surface area (Å²) in [5.41, 5.74) is 2.25. The molecule has 0 aliphatic carbocycles. The minimum Gasteiger partial charge on any atom is -0.349 e. The molecule has 0 spiro atoms. The van der Waals surface area contributed by atoms with Crippen molar-refractivity contribution >= 4 is 27.3 Å². The largest absolute Gasteiger partial charge is 0.349 e. The number of rotatable bonds is 6. The lowest BCUT2D eigenvalue weighted by Crippen LogP contribution is -2.36. The van der Waals surface area contributed by atoms with Crippen LogP contribution in [0.1, 0.15) is 21.7 Å². The second kappa shape index (κ2) is 7.01. The van der Waals surface area contributed by atoms with E-state index in [-0.39, 0.29) is 19.0 Å². The topological polar surface area (TPSA) is 107 Å². The lowest BCUT2D eigenvalue weighted by Gasteiger charge is -2.16. The van der Waals surface area contributed by atoms with Crippen molar-refractivity contribution in [2.75, 3.05) is 26.7 Å². The highest BCUT2D eigenvalue weighted by Crippen LogP contribution is 2.19. The second-order valence-electron chi connectivity index (χ2n) is 5.47. The van der Waals surface area contributed by atoms with Gasteiger partial charge < -0.3 is 10.6 Å². The molecule has 10 heteroatoms.